The first-order valence-electron chi connectivity index (χ1n) is 7.11. The zero-order chi connectivity index (χ0) is 14.9. The van der Waals surface area contributed by atoms with E-state index in [1.807, 2.05) is 42.5 Å². The third-order valence-corrected chi connectivity index (χ3v) is 3.46. The van der Waals surface area contributed by atoms with Crippen molar-refractivity contribution in [3.63, 3.8) is 0 Å². The summed E-state index contributed by atoms with van der Waals surface area (Å²) in [5, 5.41) is 12.6. The summed E-state index contributed by atoms with van der Waals surface area (Å²) in [6.45, 7) is 1.54. The van der Waals surface area contributed by atoms with Gasteiger partial charge in [-0.2, -0.15) is 5.26 Å². The molecule has 2 aromatic rings. The van der Waals surface area contributed by atoms with Crippen LogP contribution < -0.4 is 10.1 Å². The molecule has 0 fully saturated rings. The third-order valence-electron chi connectivity index (χ3n) is 3.46. The molecule has 21 heavy (non-hydrogen) atoms. The summed E-state index contributed by atoms with van der Waals surface area (Å²) in [5.74, 6) is 0.780. The summed E-state index contributed by atoms with van der Waals surface area (Å²) in [5.41, 5.74) is 2.33. The van der Waals surface area contributed by atoms with E-state index in [0.29, 0.717) is 6.54 Å². The van der Waals surface area contributed by atoms with Crippen molar-refractivity contribution in [3.8, 4) is 11.8 Å². The van der Waals surface area contributed by atoms with Crippen LogP contribution in [0.5, 0.6) is 5.75 Å². The molecule has 2 aromatic carbocycles. The summed E-state index contributed by atoms with van der Waals surface area (Å²) in [6, 6.07) is 20.3. The van der Waals surface area contributed by atoms with Crippen LogP contribution in [0.15, 0.2) is 54.6 Å². The van der Waals surface area contributed by atoms with Gasteiger partial charge in [-0.3, -0.25) is 0 Å². The first-order valence-corrected chi connectivity index (χ1v) is 7.11. The van der Waals surface area contributed by atoms with E-state index in [1.165, 1.54) is 5.56 Å². The number of hydrogen-bond donors (Lipinski definition) is 1. The second kappa shape index (κ2) is 8.08. The number of nitriles is 1. The third kappa shape index (κ3) is 4.62. The Morgan fingerprint density at radius 3 is 2.43 bits per heavy atom. The quantitative estimate of drug-likeness (QED) is 0.792. The Hall–Kier alpha value is -2.31. The van der Waals surface area contributed by atoms with Gasteiger partial charge < -0.3 is 10.1 Å². The molecule has 0 spiro atoms. The molecule has 108 valence electrons. The van der Waals surface area contributed by atoms with Crippen molar-refractivity contribution in [2.24, 2.45) is 0 Å². The zero-order valence-corrected chi connectivity index (χ0v) is 12.3. The summed E-state index contributed by atoms with van der Waals surface area (Å²) < 4.78 is 5.14. The fourth-order valence-corrected chi connectivity index (χ4v) is 2.19. The molecule has 0 aliphatic carbocycles. The van der Waals surface area contributed by atoms with E-state index in [2.05, 4.69) is 23.5 Å². The van der Waals surface area contributed by atoms with Crippen molar-refractivity contribution < 1.29 is 4.74 Å². The number of rotatable bonds is 7. The van der Waals surface area contributed by atoms with Gasteiger partial charge in [0.05, 0.1) is 19.1 Å². The fraction of sp³-hybridized carbons (Fsp3) is 0.278. The van der Waals surface area contributed by atoms with Gasteiger partial charge in [0.25, 0.3) is 0 Å². The van der Waals surface area contributed by atoms with Crippen LogP contribution in [0.2, 0.25) is 0 Å². The molecule has 0 aromatic heterocycles. The van der Waals surface area contributed by atoms with Gasteiger partial charge in [0.15, 0.2) is 0 Å². The molecule has 1 unspecified atom stereocenters. The fourth-order valence-electron chi connectivity index (χ4n) is 2.19. The first kappa shape index (κ1) is 15.1. The Balaban J connectivity index is 1.77. The van der Waals surface area contributed by atoms with E-state index in [-0.39, 0.29) is 5.92 Å². The molecule has 1 N–H and O–H groups in total. The minimum atomic E-state index is -0.0953. The molecule has 0 bridgehead atoms. The zero-order valence-electron chi connectivity index (χ0n) is 12.3. The maximum atomic E-state index is 9.25. The van der Waals surface area contributed by atoms with Gasteiger partial charge in [-0.15, -0.1) is 0 Å². The van der Waals surface area contributed by atoms with Crippen molar-refractivity contribution in [1.29, 1.82) is 5.26 Å². The minimum Gasteiger partial charge on any atom is -0.497 e. The van der Waals surface area contributed by atoms with E-state index in [0.717, 1.165) is 24.3 Å². The van der Waals surface area contributed by atoms with Crippen molar-refractivity contribution in [3.05, 3.63) is 65.7 Å². The van der Waals surface area contributed by atoms with Crippen LogP contribution in [0.4, 0.5) is 0 Å². The SMILES string of the molecule is COc1ccc(CCNCC(C#N)c2ccccc2)cc1. The normalized spacial score (nSPS) is 11.6. The van der Waals surface area contributed by atoms with Gasteiger partial charge >= 0.3 is 0 Å². The highest BCUT2D eigenvalue weighted by atomic mass is 16.5. The average Bonchev–Trinajstić information content (AvgIpc) is 2.56. The number of nitrogens with zero attached hydrogens (tertiary/aromatic N) is 1. The number of hydrogen-bond acceptors (Lipinski definition) is 3. The molecule has 3 heteroatoms. The molecule has 0 amide bonds. The van der Waals surface area contributed by atoms with Crippen molar-refractivity contribution in [2.45, 2.75) is 12.3 Å². The second-order valence-electron chi connectivity index (χ2n) is 4.89. The monoisotopic (exact) mass is 280 g/mol. The second-order valence-corrected chi connectivity index (χ2v) is 4.89. The highest BCUT2D eigenvalue weighted by Gasteiger charge is 2.08. The Morgan fingerprint density at radius 2 is 1.81 bits per heavy atom. The Labute approximate surface area is 126 Å². The van der Waals surface area contributed by atoms with Crippen LogP contribution in [0, 0.1) is 11.3 Å². The predicted molar refractivity (Wildman–Crippen MR) is 84.4 cm³/mol. The highest BCUT2D eigenvalue weighted by Crippen LogP contribution is 2.14. The number of nitrogens with one attached hydrogen (secondary N) is 1. The van der Waals surface area contributed by atoms with Gasteiger partial charge in [-0.05, 0) is 36.2 Å². The lowest BCUT2D eigenvalue weighted by Crippen LogP contribution is -2.23. The lowest BCUT2D eigenvalue weighted by atomic mass is 10.0. The van der Waals surface area contributed by atoms with Crippen molar-refractivity contribution >= 4 is 0 Å². The van der Waals surface area contributed by atoms with Gasteiger partial charge in [-0.1, -0.05) is 42.5 Å². The highest BCUT2D eigenvalue weighted by molar-refractivity contribution is 5.27. The number of ether oxygens (including phenoxy) is 1. The molecule has 0 saturated heterocycles. The maximum Gasteiger partial charge on any atom is 0.118 e. The lowest BCUT2D eigenvalue weighted by molar-refractivity contribution is 0.414. The number of methoxy groups -OCH3 is 1. The summed E-state index contributed by atoms with van der Waals surface area (Å²) in [7, 11) is 1.67. The maximum absolute atomic E-state index is 9.25. The lowest BCUT2D eigenvalue weighted by Gasteiger charge is -2.11. The van der Waals surface area contributed by atoms with Gasteiger partial charge in [0.1, 0.15) is 5.75 Å². The van der Waals surface area contributed by atoms with Crippen LogP contribution >= 0.6 is 0 Å². The Kier molecular flexibility index (Phi) is 5.81. The van der Waals surface area contributed by atoms with E-state index in [1.54, 1.807) is 7.11 Å². The van der Waals surface area contributed by atoms with E-state index in [4.69, 9.17) is 4.74 Å². The molecule has 1 atom stereocenters. The van der Waals surface area contributed by atoms with Gasteiger partial charge in [0.2, 0.25) is 0 Å². The van der Waals surface area contributed by atoms with E-state index >= 15 is 0 Å². The van der Waals surface area contributed by atoms with Crippen LogP contribution in [0.3, 0.4) is 0 Å². The predicted octanol–water partition coefficient (Wildman–Crippen LogP) is 3.13. The van der Waals surface area contributed by atoms with Crippen LogP contribution in [0.1, 0.15) is 17.0 Å². The molecule has 0 saturated carbocycles. The summed E-state index contributed by atoms with van der Waals surface area (Å²) >= 11 is 0. The van der Waals surface area contributed by atoms with Crippen molar-refractivity contribution in [2.75, 3.05) is 20.2 Å². The average molecular weight is 280 g/mol. The van der Waals surface area contributed by atoms with Gasteiger partial charge in [0, 0.05) is 6.54 Å². The van der Waals surface area contributed by atoms with E-state index in [9.17, 15) is 5.26 Å². The van der Waals surface area contributed by atoms with E-state index < -0.39 is 0 Å². The molecular formula is C18H20N2O. The summed E-state index contributed by atoms with van der Waals surface area (Å²) in [4.78, 5) is 0. The van der Waals surface area contributed by atoms with Crippen LogP contribution in [-0.2, 0) is 6.42 Å². The smallest absolute Gasteiger partial charge is 0.118 e. The standard InChI is InChI=1S/C18H20N2O/c1-21-18-9-7-15(8-10-18)11-12-20-14-17(13-19)16-5-3-2-4-6-16/h2-10,17,20H,11-12,14H2,1H3. The Bertz CT molecular complexity index is 572. The first-order chi connectivity index (χ1) is 10.3. The Morgan fingerprint density at radius 1 is 1.10 bits per heavy atom. The van der Waals surface area contributed by atoms with Crippen LogP contribution in [0.25, 0.3) is 0 Å². The topological polar surface area (TPSA) is 45.0 Å². The molecule has 0 heterocycles. The minimum absolute atomic E-state index is 0.0953. The molecule has 0 aliphatic rings. The molecule has 0 radical (unpaired) electrons. The largest absolute Gasteiger partial charge is 0.497 e. The molecule has 3 nitrogen and oxygen atoms in total. The number of benzene rings is 2. The molecule has 2 rings (SSSR count). The molecular weight excluding hydrogens is 260 g/mol. The van der Waals surface area contributed by atoms with Crippen LogP contribution in [-0.4, -0.2) is 20.2 Å². The van der Waals surface area contributed by atoms with Crippen molar-refractivity contribution in [1.82, 2.24) is 5.32 Å². The summed E-state index contributed by atoms with van der Waals surface area (Å²) in [6.07, 6.45) is 0.941. The molecule has 0 aliphatic heterocycles. The van der Waals surface area contributed by atoms with Gasteiger partial charge in [-0.25, -0.2) is 0 Å².